The van der Waals surface area contributed by atoms with Crippen LogP contribution < -0.4 is 10.1 Å². The molecule has 2 rings (SSSR count). The number of hydrogen-bond donors (Lipinski definition) is 1. The van der Waals surface area contributed by atoms with Gasteiger partial charge in [0.1, 0.15) is 5.75 Å². The third kappa shape index (κ3) is 5.36. The van der Waals surface area contributed by atoms with Gasteiger partial charge in [-0.3, -0.25) is 0 Å². The zero-order valence-corrected chi connectivity index (χ0v) is 12.1. The van der Waals surface area contributed by atoms with Crippen LogP contribution in [-0.4, -0.2) is 6.36 Å². The lowest BCUT2D eigenvalue weighted by atomic mass is 10.2. The number of alkyl halides is 3. The largest absolute Gasteiger partial charge is 0.573 e. The maximum absolute atomic E-state index is 12.1. The minimum Gasteiger partial charge on any atom is -0.406 e. The Morgan fingerprint density at radius 1 is 1.00 bits per heavy atom. The van der Waals surface area contributed by atoms with E-state index in [1.165, 1.54) is 18.2 Å². The molecule has 0 saturated carbocycles. The van der Waals surface area contributed by atoms with Gasteiger partial charge in [0.05, 0.1) is 0 Å². The van der Waals surface area contributed by atoms with Crippen LogP contribution in [-0.2, 0) is 6.54 Å². The Kier molecular flexibility index (Phi) is 4.85. The Hall–Kier alpha value is -1.59. The van der Waals surface area contributed by atoms with Gasteiger partial charge in [0.15, 0.2) is 0 Å². The Morgan fingerprint density at radius 2 is 1.67 bits per heavy atom. The minimum atomic E-state index is -4.71. The molecule has 0 radical (unpaired) electrons. The monoisotopic (exact) mass is 335 g/mol. The first-order valence-electron chi connectivity index (χ1n) is 5.86. The second kappa shape index (κ2) is 6.45. The molecule has 2 aromatic carbocycles. The molecule has 0 unspecified atom stereocenters. The summed E-state index contributed by atoms with van der Waals surface area (Å²) in [7, 11) is 0. The fourth-order valence-corrected chi connectivity index (χ4v) is 2.29. The summed E-state index contributed by atoms with van der Waals surface area (Å²) >= 11 is 11.7. The molecule has 112 valence electrons. The number of hydrogen-bond acceptors (Lipinski definition) is 2. The Morgan fingerprint density at radius 3 is 2.29 bits per heavy atom. The van der Waals surface area contributed by atoms with E-state index in [0.29, 0.717) is 22.3 Å². The van der Waals surface area contributed by atoms with Gasteiger partial charge in [-0.25, -0.2) is 0 Å². The lowest BCUT2D eigenvalue weighted by molar-refractivity contribution is -0.274. The summed E-state index contributed by atoms with van der Waals surface area (Å²) in [5.74, 6) is -0.281. The zero-order valence-electron chi connectivity index (χ0n) is 10.5. The van der Waals surface area contributed by atoms with E-state index in [2.05, 4.69) is 10.1 Å². The quantitative estimate of drug-likeness (QED) is 0.796. The lowest BCUT2D eigenvalue weighted by Gasteiger charge is -2.11. The molecule has 7 heteroatoms. The molecule has 0 bridgehead atoms. The van der Waals surface area contributed by atoms with Crippen LogP contribution in [0.1, 0.15) is 5.56 Å². The van der Waals surface area contributed by atoms with Crippen LogP contribution in [0.5, 0.6) is 5.75 Å². The third-order valence-corrected chi connectivity index (χ3v) is 2.92. The molecule has 0 fully saturated rings. The summed E-state index contributed by atoms with van der Waals surface area (Å²) in [6.07, 6.45) is -4.71. The summed E-state index contributed by atoms with van der Waals surface area (Å²) in [4.78, 5) is 0. The van der Waals surface area contributed by atoms with E-state index < -0.39 is 6.36 Å². The van der Waals surface area contributed by atoms with E-state index in [4.69, 9.17) is 23.2 Å². The van der Waals surface area contributed by atoms with E-state index >= 15 is 0 Å². The van der Waals surface area contributed by atoms with Crippen LogP contribution in [0.15, 0.2) is 42.5 Å². The van der Waals surface area contributed by atoms with Gasteiger partial charge in [-0.2, -0.15) is 0 Å². The van der Waals surface area contributed by atoms with Crippen molar-refractivity contribution in [1.29, 1.82) is 0 Å². The van der Waals surface area contributed by atoms with Gasteiger partial charge in [0.25, 0.3) is 0 Å². The third-order valence-electron chi connectivity index (χ3n) is 2.49. The van der Waals surface area contributed by atoms with Crippen molar-refractivity contribution in [3.63, 3.8) is 0 Å². The predicted octanol–water partition coefficient (Wildman–Crippen LogP) is 5.50. The topological polar surface area (TPSA) is 21.3 Å². The van der Waals surface area contributed by atoms with Gasteiger partial charge >= 0.3 is 6.36 Å². The molecule has 0 amide bonds. The molecule has 2 aromatic rings. The fraction of sp³-hybridized carbons (Fsp3) is 0.143. The summed E-state index contributed by atoms with van der Waals surface area (Å²) in [6, 6.07) is 10.6. The number of ether oxygens (including phenoxy) is 1. The summed E-state index contributed by atoms with van der Waals surface area (Å²) in [5, 5.41) is 3.96. The van der Waals surface area contributed by atoms with Gasteiger partial charge in [0, 0.05) is 28.3 Å². The van der Waals surface area contributed by atoms with Crippen molar-refractivity contribution in [1.82, 2.24) is 0 Å². The maximum Gasteiger partial charge on any atom is 0.573 e. The molecule has 0 aliphatic rings. The molecule has 0 atom stereocenters. The number of halogens is 5. The van der Waals surface area contributed by atoms with Crippen molar-refractivity contribution in [2.75, 3.05) is 5.32 Å². The highest BCUT2D eigenvalue weighted by molar-refractivity contribution is 6.34. The summed E-state index contributed by atoms with van der Waals surface area (Å²) in [5.41, 5.74) is 1.31. The van der Waals surface area contributed by atoms with Crippen molar-refractivity contribution >= 4 is 28.9 Å². The average molecular weight is 336 g/mol. The van der Waals surface area contributed by atoms with Crippen LogP contribution in [0.25, 0.3) is 0 Å². The molecule has 0 aliphatic heterocycles. The maximum atomic E-state index is 12.1. The van der Waals surface area contributed by atoms with Crippen molar-refractivity contribution in [3.8, 4) is 5.75 Å². The standard InChI is InChI=1S/C14H10Cl2F3NO/c15-10-4-9(5-11(16)6-10)8-20-12-2-1-3-13(7-12)21-14(17,18)19/h1-7,20H,8H2. The highest BCUT2D eigenvalue weighted by atomic mass is 35.5. The van der Waals surface area contributed by atoms with Gasteiger partial charge in [-0.05, 0) is 35.9 Å². The Bertz CT molecular complexity index is 612. The number of anilines is 1. The first-order valence-corrected chi connectivity index (χ1v) is 6.62. The average Bonchev–Trinajstić information content (AvgIpc) is 2.33. The normalized spacial score (nSPS) is 11.3. The van der Waals surface area contributed by atoms with E-state index in [1.54, 1.807) is 24.3 Å². The number of benzene rings is 2. The summed E-state index contributed by atoms with van der Waals surface area (Å²) in [6.45, 7) is 0.371. The van der Waals surface area contributed by atoms with Gasteiger partial charge in [0.2, 0.25) is 0 Å². The first kappa shape index (κ1) is 15.8. The first-order chi connectivity index (χ1) is 9.82. The summed E-state index contributed by atoms with van der Waals surface area (Å²) < 4.78 is 40.3. The molecule has 2 nitrogen and oxygen atoms in total. The predicted molar refractivity (Wildman–Crippen MR) is 76.9 cm³/mol. The lowest BCUT2D eigenvalue weighted by Crippen LogP contribution is -2.17. The molecule has 0 saturated heterocycles. The zero-order chi connectivity index (χ0) is 15.5. The Labute approximate surface area is 129 Å². The van der Waals surface area contributed by atoms with Crippen LogP contribution in [0, 0.1) is 0 Å². The fourth-order valence-electron chi connectivity index (χ4n) is 1.72. The molecule has 0 aliphatic carbocycles. The number of rotatable bonds is 4. The molecule has 0 heterocycles. The van der Waals surface area contributed by atoms with Gasteiger partial charge < -0.3 is 10.1 Å². The second-order valence-corrected chi connectivity index (χ2v) is 5.08. The highest BCUT2D eigenvalue weighted by Gasteiger charge is 2.31. The highest BCUT2D eigenvalue weighted by Crippen LogP contribution is 2.25. The molecular weight excluding hydrogens is 326 g/mol. The van der Waals surface area contributed by atoms with Crippen LogP contribution >= 0.6 is 23.2 Å². The van der Waals surface area contributed by atoms with E-state index in [9.17, 15) is 13.2 Å². The molecule has 0 spiro atoms. The molecule has 1 N–H and O–H groups in total. The minimum absolute atomic E-state index is 0.281. The SMILES string of the molecule is FC(F)(F)Oc1cccc(NCc2cc(Cl)cc(Cl)c2)c1. The van der Waals surface area contributed by atoms with Gasteiger partial charge in [-0.1, -0.05) is 29.3 Å². The van der Waals surface area contributed by atoms with Crippen LogP contribution in [0.2, 0.25) is 10.0 Å². The van der Waals surface area contributed by atoms with Crippen molar-refractivity contribution in [2.24, 2.45) is 0 Å². The number of nitrogens with one attached hydrogen (secondary N) is 1. The Balaban J connectivity index is 2.04. The van der Waals surface area contributed by atoms with E-state index in [0.717, 1.165) is 5.56 Å². The molecular formula is C14H10Cl2F3NO. The van der Waals surface area contributed by atoms with E-state index in [-0.39, 0.29) is 5.75 Å². The second-order valence-electron chi connectivity index (χ2n) is 4.21. The van der Waals surface area contributed by atoms with Crippen LogP contribution in [0.4, 0.5) is 18.9 Å². The molecule has 0 aromatic heterocycles. The van der Waals surface area contributed by atoms with Crippen molar-refractivity contribution < 1.29 is 17.9 Å². The molecule has 21 heavy (non-hydrogen) atoms. The smallest absolute Gasteiger partial charge is 0.406 e. The van der Waals surface area contributed by atoms with Crippen molar-refractivity contribution in [3.05, 3.63) is 58.1 Å². The van der Waals surface area contributed by atoms with Crippen LogP contribution in [0.3, 0.4) is 0 Å². The van der Waals surface area contributed by atoms with Gasteiger partial charge in [-0.15, -0.1) is 13.2 Å². The van der Waals surface area contributed by atoms with E-state index in [1.807, 2.05) is 0 Å². The van der Waals surface area contributed by atoms with Crippen molar-refractivity contribution in [2.45, 2.75) is 12.9 Å².